The van der Waals surface area contributed by atoms with Crippen LogP contribution in [0.4, 0.5) is 10.5 Å². The molecule has 1 atom stereocenters. The van der Waals surface area contributed by atoms with Crippen molar-refractivity contribution >= 4 is 29.5 Å². The number of anilines is 1. The van der Waals surface area contributed by atoms with Gasteiger partial charge in [-0.1, -0.05) is 13.0 Å². The molecule has 4 amide bonds. The number of hydrogen-bond donors (Lipinski definition) is 2. The van der Waals surface area contributed by atoms with Crippen LogP contribution in [0.2, 0.25) is 0 Å². The molecule has 140 valence electrons. The van der Waals surface area contributed by atoms with E-state index >= 15 is 0 Å². The Labute approximate surface area is 151 Å². The molecule has 0 aliphatic carbocycles. The number of nitrogens with one attached hydrogen (secondary N) is 2. The molecule has 0 unspecified atom stereocenters. The van der Waals surface area contributed by atoms with Crippen LogP contribution in [0.1, 0.15) is 43.5 Å². The largest absolute Gasteiger partial charge is 0.452 e. The number of nitrogens with zero attached hydrogens (tertiary/aromatic N) is 1. The topological polar surface area (TPSA) is 105 Å². The summed E-state index contributed by atoms with van der Waals surface area (Å²) in [6.07, 6.45) is 2.01. The molecule has 8 heteroatoms. The third kappa shape index (κ3) is 5.30. The fraction of sp³-hybridized carbons (Fsp3) is 0.444. The zero-order chi connectivity index (χ0) is 19.1. The molecule has 1 fully saturated rings. The van der Waals surface area contributed by atoms with Crippen LogP contribution < -0.4 is 15.5 Å². The molecule has 26 heavy (non-hydrogen) atoms. The Morgan fingerprint density at radius 2 is 2.08 bits per heavy atom. The first-order chi connectivity index (χ1) is 12.4. The first-order valence-electron chi connectivity index (χ1n) is 8.58. The van der Waals surface area contributed by atoms with Gasteiger partial charge in [-0.15, -0.1) is 0 Å². The smallest absolute Gasteiger partial charge is 0.338 e. The average molecular weight is 361 g/mol. The summed E-state index contributed by atoms with van der Waals surface area (Å²) in [7, 11) is 0. The summed E-state index contributed by atoms with van der Waals surface area (Å²) in [5, 5.41) is 4.67. The van der Waals surface area contributed by atoms with Crippen LogP contribution >= 0.6 is 0 Å². The third-order valence-corrected chi connectivity index (χ3v) is 4.04. The van der Waals surface area contributed by atoms with Crippen molar-refractivity contribution in [3.63, 3.8) is 0 Å². The van der Waals surface area contributed by atoms with Gasteiger partial charge in [0.2, 0.25) is 5.91 Å². The van der Waals surface area contributed by atoms with Crippen molar-refractivity contribution in [2.75, 3.05) is 18.1 Å². The van der Waals surface area contributed by atoms with Gasteiger partial charge >= 0.3 is 12.0 Å². The van der Waals surface area contributed by atoms with Crippen LogP contribution in [0.15, 0.2) is 24.3 Å². The normalized spacial score (nSPS) is 14.7. The Morgan fingerprint density at radius 3 is 2.73 bits per heavy atom. The number of amides is 4. The second kappa shape index (κ2) is 8.98. The van der Waals surface area contributed by atoms with Crippen LogP contribution in [0.5, 0.6) is 0 Å². The van der Waals surface area contributed by atoms with E-state index < -0.39 is 24.5 Å². The van der Waals surface area contributed by atoms with E-state index in [-0.39, 0.29) is 17.5 Å². The zero-order valence-electron chi connectivity index (χ0n) is 14.9. The predicted molar refractivity (Wildman–Crippen MR) is 94.7 cm³/mol. The summed E-state index contributed by atoms with van der Waals surface area (Å²) >= 11 is 0. The molecule has 0 saturated carbocycles. The number of esters is 1. The summed E-state index contributed by atoms with van der Waals surface area (Å²) in [6.45, 7) is 3.76. The Balaban J connectivity index is 1.87. The molecule has 1 saturated heterocycles. The number of urea groups is 1. The maximum Gasteiger partial charge on any atom is 0.338 e. The number of carbonyl (C=O) groups is 4. The summed E-state index contributed by atoms with van der Waals surface area (Å²) < 4.78 is 4.93. The summed E-state index contributed by atoms with van der Waals surface area (Å²) in [6, 6.07) is 5.79. The van der Waals surface area contributed by atoms with E-state index in [2.05, 4.69) is 10.6 Å². The highest BCUT2D eigenvalue weighted by Gasteiger charge is 2.22. The molecule has 1 aliphatic rings. The minimum atomic E-state index is -0.718. The van der Waals surface area contributed by atoms with Crippen molar-refractivity contribution in [3.8, 4) is 0 Å². The van der Waals surface area contributed by atoms with E-state index in [1.165, 1.54) is 0 Å². The first-order valence-corrected chi connectivity index (χ1v) is 8.58. The Hall–Kier alpha value is -2.90. The highest BCUT2D eigenvalue weighted by Crippen LogP contribution is 2.22. The second-order valence-electron chi connectivity index (χ2n) is 6.11. The zero-order valence-corrected chi connectivity index (χ0v) is 14.9. The van der Waals surface area contributed by atoms with E-state index in [0.717, 1.165) is 12.8 Å². The lowest BCUT2D eigenvalue weighted by Gasteiger charge is -2.16. The van der Waals surface area contributed by atoms with Crippen LogP contribution in [-0.2, 0) is 14.3 Å². The molecule has 1 heterocycles. The van der Waals surface area contributed by atoms with Gasteiger partial charge in [-0.2, -0.15) is 0 Å². The van der Waals surface area contributed by atoms with Crippen LogP contribution in [0, 0.1) is 0 Å². The van der Waals surface area contributed by atoms with E-state index in [0.29, 0.717) is 18.7 Å². The summed E-state index contributed by atoms with van der Waals surface area (Å²) in [5.41, 5.74) is 0.860. The Morgan fingerprint density at radius 1 is 1.31 bits per heavy atom. The maximum absolute atomic E-state index is 12.1. The van der Waals surface area contributed by atoms with E-state index in [1.54, 1.807) is 29.2 Å². The van der Waals surface area contributed by atoms with Crippen molar-refractivity contribution in [1.29, 1.82) is 0 Å². The molecular weight excluding hydrogens is 338 g/mol. The standard InChI is InChI=1S/C18H23N3O5/c1-3-12(2)19-18(25)20-15(22)11-26-17(24)13-6-4-7-14(10-13)21-9-5-8-16(21)23/h4,6-7,10,12H,3,5,8-9,11H2,1-2H3,(H2,19,20,22,25)/t12-/m1/s1. The minimum absolute atomic E-state index is 0.0159. The summed E-state index contributed by atoms with van der Waals surface area (Å²) in [4.78, 5) is 48.7. The molecule has 0 spiro atoms. The molecule has 0 radical (unpaired) electrons. The van der Waals surface area contributed by atoms with Gasteiger partial charge in [0, 0.05) is 24.7 Å². The van der Waals surface area contributed by atoms with Crippen molar-refractivity contribution in [2.24, 2.45) is 0 Å². The van der Waals surface area contributed by atoms with Crippen LogP contribution in [0.3, 0.4) is 0 Å². The monoisotopic (exact) mass is 361 g/mol. The van der Waals surface area contributed by atoms with Crippen LogP contribution in [-0.4, -0.2) is 43.0 Å². The Kier molecular flexibility index (Phi) is 6.71. The second-order valence-corrected chi connectivity index (χ2v) is 6.11. The van der Waals surface area contributed by atoms with E-state index in [1.807, 2.05) is 13.8 Å². The molecule has 2 N–H and O–H groups in total. The minimum Gasteiger partial charge on any atom is -0.452 e. The van der Waals surface area contributed by atoms with Gasteiger partial charge in [0.1, 0.15) is 0 Å². The van der Waals surface area contributed by atoms with Crippen molar-refractivity contribution in [2.45, 2.75) is 39.2 Å². The number of carbonyl (C=O) groups excluding carboxylic acids is 4. The molecule has 2 rings (SSSR count). The number of rotatable bonds is 6. The van der Waals surface area contributed by atoms with Gasteiger partial charge in [0.05, 0.1) is 5.56 Å². The van der Waals surface area contributed by atoms with Gasteiger partial charge in [0.15, 0.2) is 6.61 Å². The van der Waals surface area contributed by atoms with E-state index in [9.17, 15) is 19.2 Å². The molecule has 0 bridgehead atoms. The lowest BCUT2D eigenvalue weighted by atomic mass is 10.2. The molecular formula is C18H23N3O5. The SMILES string of the molecule is CC[C@@H](C)NC(=O)NC(=O)COC(=O)c1cccc(N2CCCC2=O)c1. The van der Waals surface area contributed by atoms with Gasteiger partial charge in [0.25, 0.3) is 5.91 Å². The lowest BCUT2D eigenvalue weighted by Crippen LogP contribution is -2.44. The summed E-state index contributed by atoms with van der Waals surface area (Å²) in [5.74, 6) is -1.40. The number of benzene rings is 1. The average Bonchev–Trinajstić information content (AvgIpc) is 3.05. The van der Waals surface area contributed by atoms with Gasteiger partial charge in [-0.3, -0.25) is 14.9 Å². The molecule has 1 aliphatic heterocycles. The highest BCUT2D eigenvalue weighted by atomic mass is 16.5. The van der Waals surface area contributed by atoms with Crippen molar-refractivity contribution in [3.05, 3.63) is 29.8 Å². The quantitative estimate of drug-likeness (QED) is 0.749. The van der Waals surface area contributed by atoms with Gasteiger partial charge in [-0.05, 0) is 38.0 Å². The maximum atomic E-state index is 12.1. The van der Waals surface area contributed by atoms with Gasteiger partial charge < -0.3 is 15.0 Å². The number of imide groups is 1. The fourth-order valence-electron chi connectivity index (χ4n) is 2.46. The predicted octanol–water partition coefficient (Wildman–Crippen LogP) is 1.59. The number of ether oxygens (including phenoxy) is 1. The fourth-order valence-corrected chi connectivity index (χ4v) is 2.46. The van der Waals surface area contributed by atoms with Crippen molar-refractivity contribution in [1.82, 2.24) is 10.6 Å². The van der Waals surface area contributed by atoms with Crippen molar-refractivity contribution < 1.29 is 23.9 Å². The molecule has 8 nitrogen and oxygen atoms in total. The number of hydrogen-bond acceptors (Lipinski definition) is 5. The van der Waals surface area contributed by atoms with Gasteiger partial charge in [-0.25, -0.2) is 9.59 Å². The van der Waals surface area contributed by atoms with E-state index in [4.69, 9.17) is 4.74 Å². The molecule has 1 aromatic rings. The third-order valence-electron chi connectivity index (χ3n) is 4.04. The Bertz CT molecular complexity index is 704. The lowest BCUT2D eigenvalue weighted by molar-refractivity contribution is -0.123. The first kappa shape index (κ1) is 19.4. The van der Waals surface area contributed by atoms with Crippen LogP contribution in [0.25, 0.3) is 0 Å². The molecule has 0 aromatic heterocycles. The highest BCUT2D eigenvalue weighted by molar-refractivity contribution is 5.99. The molecule has 1 aromatic carbocycles.